The van der Waals surface area contributed by atoms with Crippen LogP contribution in [-0.2, 0) is 0 Å². The van der Waals surface area contributed by atoms with E-state index in [1.165, 1.54) is 12.1 Å². The molecule has 0 spiro atoms. The number of benzene rings is 2. The number of furan rings is 1. The molecule has 2 aromatic carbocycles. The van der Waals surface area contributed by atoms with Gasteiger partial charge in [0.1, 0.15) is 11.6 Å². The maximum absolute atomic E-state index is 13.2. The number of aryl methyl sites for hydroxylation is 3. The number of rotatable bonds is 6. The van der Waals surface area contributed by atoms with Crippen molar-refractivity contribution >= 4 is 11.6 Å². The van der Waals surface area contributed by atoms with Crippen molar-refractivity contribution in [1.29, 1.82) is 0 Å². The Morgan fingerprint density at radius 1 is 1.03 bits per heavy atom. The van der Waals surface area contributed by atoms with Crippen LogP contribution in [0.25, 0.3) is 0 Å². The van der Waals surface area contributed by atoms with Gasteiger partial charge in [-0.2, -0.15) is 0 Å². The molecule has 0 saturated carbocycles. The molecule has 1 aliphatic rings. The fraction of sp³-hybridized carbons (Fsp3) is 0.346. The summed E-state index contributed by atoms with van der Waals surface area (Å²) in [6.07, 6.45) is 1.67. The summed E-state index contributed by atoms with van der Waals surface area (Å²) in [5.74, 6) is 0.569. The quantitative estimate of drug-likeness (QED) is 0.613. The van der Waals surface area contributed by atoms with Crippen LogP contribution in [0.15, 0.2) is 59.2 Å². The molecular weight excluding hydrogens is 405 g/mol. The molecule has 1 unspecified atom stereocenters. The Morgan fingerprint density at radius 2 is 1.69 bits per heavy atom. The standard InChI is InChI=1S/C26H30FN3O2/c1-18-15-19(2)25(20(3)16-18)26(31)28-17-23(24-5-4-14-32-24)30-12-10-29(11-13-30)22-8-6-21(27)7-9-22/h4-9,14-16,23H,10-13,17H2,1-3H3,(H,28,31). The molecule has 32 heavy (non-hydrogen) atoms. The number of nitrogens with zero attached hydrogens (tertiary/aromatic N) is 2. The molecule has 0 aliphatic carbocycles. The zero-order chi connectivity index (χ0) is 22.7. The summed E-state index contributed by atoms with van der Waals surface area (Å²) in [6, 6.07) is 14.5. The second-order valence-corrected chi connectivity index (χ2v) is 8.51. The molecule has 1 atom stereocenters. The van der Waals surface area contributed by atoms with E-state index in [1.807, 2.05) is 57.2 Å². The van der Waals surface area contributed by atoms with Crippen LogP contribution < -0.4 is 10.2 Å². The zero-order valence-electron chi connectivity index (χ0n) is 18.9. The van der Waals surface area contributed by atoms with E-state index in [2.05, 4.69) is 15.1 Å². The van der Waals surface area contributed by atoms with Gasteiger partial charge in [-0.25, -0.2) is 4.39 Å². The highest BCUT2D eigenvalue weighted by Gasteiger charge is 2.28. The van der Waals surface area contributed by atoms with E-state index < -0.39 is 0 Å². The first-order valence-electron chi connectivity index (χ1n) is 11.1. The highest BCUT2D eigenvalue weighted by atomic mass is 19.1. The summed E-state index contributed by atoms with van der Waals surface area (Å²) in [5.41, 5.74) is 4.91. The lowest BCUT2D eigenvalue weighted by Gasteiger charge is -2.39. The second kappa shape index (κ2) is 9.57. The van der Waals surface area contributed by atoms with Gasteiger partial charge in [0, 0.05) is 44.0 Å². The monoisotopic (exact) mass is 435 g/mol. The normalized spacial score (nSPS) is 15.6. The number of piperazine rings is 1. The number of anilines is 1. The molecule has 6 heteroatoms. The highest BCUT2D eigenvalue weighted by molar-refractivity contribution is 5.97. The van der Waals surface area contributed by atoms with E-state index >= 15 is 0 Å². The molecule has 1 fully saturated rings. The van der Waals surface area contributed by atoms with Crippen LogP contribution in [0, 0.1) is 26.6 Å². The van der Waals surface area contributed by atoms with E-state index in [-0.39, 0.29) is 17.8 Å². The van der Waals surface area contributed by atoms with Crippen LogP contribution in [0.2, 0.25) is 0 Å². The molecule has 5 nitrogen and oxygen atoms in total. The summed E-state index contributed by atoms with van der Waals surface area (Å²) < 4.78 is 19.0. The fourth-order valence-corrected chi connectivity index (χ4v) is 4.65. The topological polar surface area (TPSA) is 48.7 Å². The van der Waals surface area contributed by atoms with Gasteiger partial charge in [0.05, 0.1) is 12.3 Å². The molecular formula is C26H30FN3O2. The molecule has 168 valence electrons. The van der Waals surface area contributed by atoms with Crippen LogP contribution in [-0.4, -0.2) is 43.5 Å². The number of hydrogen-bond donors (Lipinski definition) is 1. The van der Waals surface area contributed by atoms with Crippen LogP contribution in [0.5, 0.6) is 0 Å². The largest absolute Gasteiger partial charge is 0.468 e. The summed E-state index contributed by atoms with van der Waals surface area (Å²) in [5, 5.41) is 3.14. The van der Waals surface area contributed by atoms with Crippen molar-refractivity contribution in [2.75, 3.05) is 37.6 Å². The van der Waals surface area contributed by atoms with Gasteiger partial charge in [0.2, 0.25) is 0 Å². The van der Waals surface area contributed by atoms with Crippen molar-refractivity contribution in [2.45, 2.75) is 26.8 Å². The molecule has 1 aliphatic heterocycles. The van der Waals surface area contributed by atoms with Gasteiger partial charge in [0.15, 0.2) is 0 Å². The van der Waals surface area contributed by atoms with Crippen LogP contribution in [0.4, 0.5) is 10.1 Å². The van der Waals surface area contributed by atoms with Crippen LogP contribution in [0.3, 0.4) is 0 Å². The first kappa shape index (κ1) is 22.1. The van der Waals surface area contributed by atoms with Gasteiger partial charge < -0.3 is 14.6 Å². The number of nitrogens with one attached hydrogen (secondary N) is 1. The van der Waals surface area contributed by atoms with Gasteiger partial charge in [-0.15, -0.1) is 0 Å². The second-order valence-electron chi connectivity index (χ2n) is 8.51. The lowest BCUT2D eigenvalue weighted by Crippen LogP contribution is -2.49. The Balaban J connectivity index is 1.44. The average Bonchev–Trinajstić information content (AvgIpc) is 3.29. The third-order valence-electron chi connectivity index (χ3n) is 6.18. The number of amides is 1. The van der Waals surface area contributed by atoms with Gasteiger partial charge in [-0.05, 0) is 68.3 Å². The molecule has 3 aromatic rings. The van der Waals surface area contributed by atoms with E-state index in [1.54, 1.807) is 6.26 Å². The van der Waals surface area contributed by atoms with Crippen molar-refractivity contribution < 1.29 is 13.6 Å². The number of hydrogen-bond acceptors (Lipinski definition) is 4. The van der Waals surface area contributed by atoms with Crippen LogP contribution >= 0.6 is 0 Å². The third kappa shape index (κ3) is 4.86. The third-order valence-corrected chi connectivity index (χ3v) is 6.18. The fourth-order valence-electron chi connectivity index (χ4n) is 4.65. The van der Waals surface area contributed by atoms with Crippen molar-refractivity contribution in [2.24, 2.45) is 0 Å². The van der Waals surface area contributed by atoms with Crippen molar-refractivity contribution in [3.05, 3.63) is 88.6 Å². The van der Waals surface area contributed by atoms with E-state index in [9.17, 15) is 9.18 Å². The molecule has 1 amide bonds. The first-order chi connectivity index (χ1) is 15.4. The average molecular weight is 436 g/mol. The summed E-state index contributed by atoms with van der Waals surface area (Å²) in [4.78, 5) is 17.6. The molecule has 1 saturated heterocycles. The Morgan fingerprint density at radius 3 is 2.28 bits per heavy atom. The first-order valence-corrected chi connectivity index (χ1v) is 11.1. The summed E-state index contributed by atoms with van der Waals surface area (Å²) >= 11 is 0. The zero-order valence-corrected chi connectivity index (χ0v) is 18.9. The molecule has 0 bridgehead atoms. The van der Waals surface area contributed by atoms with E-state index in [0.29, 0.717) is 6.54 Å². The van der Waals surface area contributed by atoms with Crippen molar-refractivity contribution in [1.82, 2.24) is 10.2 Å². The van der Waals surface area contributed by atoms with Crippen molar-refractivity contribution in [3.8, 4) is 0 Å². The van der Waals surface area contributed by atoms with Gasteiger partial charge in [0.25, 0.3) is 5.91 Å². The molecule has 1 aromatic heterocycles. The molecule has 4 rings (SSSR count). The maximum Gasteiger partial charge on any atom is 0.251 e. The Kier molecular flexibility index (Phi) is 6.61. The Labute approximate surface area is 188 Å². The van der Waals surface area contributed by atoms with Gasteiger partial charge >= 0.3 is 0 Å². The number of carbonyl (C=O) groups excluding carboxylic acids is 1. The predicted octanol–water partition coefficient (Wildman–Crippen LogP) is 4.64. The number of carbonyl (C=O) groups is 1. The predicted molar refractivity (Wildman–Crippen MR) is 125 cm³/mol. The number of halogens is 1. The maximum atomic E-state index is 13.2. The van der Waals surface area contributed by atoms with E-state index in [4.69, 9.17) is 4.42 Å². The highest BCUT2D eigenvalue weighted by Crippen LogP contribution is 2.25. The smallest absolute Gasteiger partial charge is 0.251 e. The minimum atomic E-state index is -0.222. The Bertz CT molecular complexity index is 1030. The van der Waals surface area contributed by atoms with Gasteiger partial charge in [-0.1, -0.05) is 17.7 Å². The SMILES string of the molecule is Cc1cc(C)c(C(=O)NCC(c2ccco2)N2CCN(c3ccc(F)cc3)CC2)c(C)c1. The molecule has 1 N–H and O–H groups in total. The van der Waals surface area contributed by atoms with Gasteiger partial charge in [-0.3, -0.25) is 9.69 Å². The lowest BCUT2D eigenvalue weighted by molar-refractivity contribution is 0.0921. The summed E-state index contributed by atoms with van der Waals surface area (Å²) in [6.45, 7) is 9.76. The van der Waals surface area contributed by atoms with E-state index in [0.717, 1.165) is 59.9 Å². The molecule has 2 heterocycles. The Hall–Kier alpha value is -3.12. The van der Waals surface area contributed by atoms with Crippen LogP contribution in [0.1, 0.15) is 38.9 Å². The molecule has 0 radical (unpaired) electrons. The minimum Gasteiger partial charge on any atom is -0.468 e. The minimum absolute atomic E-state index is 0.0459. The lowest BCUT2D eigenvalue weighted by atomic mass is 9.99. The summed E-state index contributed by atoms with van der Waals surface area (Å²) in [7, 11) is 0. The van der Waals surface area contributed by atoms with Crippen molar-refractivity contribution in [3.63, 3.8) is 0 Å².